The van der Waals surface area contributed by atoms with Crippen LogP contribution in [0, 0.1) is 6.92 Å². The highest BCUT2D eigenvalue weighted by molar-refractivity contribution is 7.99. The van der Waals surface area contributed by atoms with Gasteiger partial charge < -0.3 is 10.2 Å². The van der Waals surface area contributed by atoms with Crippen LogP contribution in [-0.2, 0) is 10.0 Å². The Balaban J connectivity index is 2.38. The molecule has 0 amide bonds. The van der Waals surface area contributed by atoms with Crippen molar-refractivity contribution in [2.75, 3.05) is 5.73 Å². The fraction of sp³-hybridized carbons (Fsp3) is 0.111. The number of nitrogens with zero attached hydrogens (tertiary/aromatic N) is 2. The minimum absolute atomic E-state index is 0.0181. The molecule has 96 valence electrons. The van der Waals surface area contributed by atoms with Gasteiger partial charge in [0.2, 0.25) is 15.9 Å². The summed E-state index contributed by atoms with van der Waals surface area (Å²) < 4.78 is 27.6. The molecule has 0 aliphatic heterocycles. The molecule has 0 saturated carbocycles. The Hall–Kier alpha value is -1.58. The number of aryl methyl sites for hydroxylation is 1. The first-order valence-corrected chi connectivity index (χ1v) is 7.13. The van der Waals surface area contributed by atoms with E-state index in [2.05, 4.69) is 10.2 Å². The fourth-order valence-corrected chi connectivity index (χ4v) is 2.61. The lowest BCUT2D eigenvalue weighted by Gasteiger charge is -2.04. The van der Waals surface area contributed by atoms with Crippen LogP contribution in [-0.4, -0.2) is 18.6 Å². The van der Waals surface area contributed by atoms with E-state index in [9.17, 15) is 8.42 Å². The zero-order valence-corrected chi connectivity index (χ0v) is 11.0. The number of hydrogen-bond acceptors (Lipinski definition) is 7. The quantitative estimate of drug-likeness (QED) is 0.798. The Morgan fingerprint density at radius 1 is 1.33 bits per heavy atom. The van der Waals surface area contributed by atoms with Crippen LogP contribution in [0.15, 0.2) is 37.6 Å². The fourth-order valence-electron chi connectivity index (χ4n) is 1.19. The lowest BCUT2D eigenvalue weighted by molar-refractivity contribution is 0.429. The number of nitrogen functional groups attached to an aromatic ring is 1. The predicted octanol–water partition coefficient (Wildman–Crippen LogP) is 0.759. The van der Waals surface area contributed by atoms with E-state index in [1.165, 1.54) is 18.2 Å². The highest BCUT2D eigenvalue weighted by Crippen LogP contribution is 2.32. The number of aromatic nitrogens is 2. The largest absolute Gasteiger partial charge is 0.416 e. The lowest BCUT2D eigenvalue weighted by Crippen LogP contribution is -2.12. The highest BCUT2D eigenvalue weighted by Gasteiger charge is 2.13. The molecule has 0 fully saturated rings. The van der Waals surface area contributed by atoms with Crippen molar-refractivity contribution in [3.05, 3.63) is 24.1 Å². The molecule has 0 spiro atoms. The molecule has 7 nitrogen and oxygen atoms in total. The van der Waals surface area contributed by atoms with E-state index in [1.54, 1.807) is 6.92 Å². The maximum absolute atomic E-state index is 11.2. The number of sulfonamides is 1. The number of nitrogens with two attached hydrogens (primary N) is 2. The van der Waals surface area contributed by atoms with Crippen LogP contribution in [0.2, 0.25) is 0 Å². The third kappa shape index (κ3) is 2.81. The van der Waals surface area contributed by atoms with E-state index in [0.29, 0.717) is 16.5 Å². The van der Waals surface area contributed by atoms with Crippen molar-refractivity contribution in [2.24, 2.45) is 5.14 Å². The van der Waals surface area contributed by atoms with Crippen molar-refractivity contribution < 1.29 is 12.8 Å². The number of benzene rings is 1. The summed E-state index contributed by atoms with van der Waals surface area (Å²) in [5.74, 6) is 0.415. The van der Waals surface area contributed by atoms with E-state index >= 15 is 0 Å². The van der Waals surface area contributed by atoms with Crippen LogP contribution >= 0.6 is 11.8 Å². The van der Waals surface area contributed by atoms with Crippen molar-refractivity contribution in [2.45, 2.75) is 21.9 Å². The molecule has 2 rings (SSSR count). The zero-order valence-electron chi connectivity index (χ0n) is 9.32. The molecule has 1 heterocycles. The summed E-state index contributed by atoms with van der Waals surface area (Å²) in [7, 11) is -3.76. The summed E-state index contributed by atoms with van der Waals surface area (Å²) in [5, 5.41) is 12.8. The summed E-state index contributed by atoms with van der Waals surface area (Å²) >= 11 is 1.08. The number of hydrogen-bond donors (Lipinski definition) is 2. The molecule has 18 heavy (non-hydrogen) atoms. The molecular formula is C9H10N4O3S2. The van der Waals surface area contributed by atoms with E-state index in [0.717, 1.165) is 11.8 Å². The second-order valence-electron chi connectivity index (χ2n) is 3.43. The summed E-state index contributed by atoms with van der Waals surface area (Å²) in [4.78, 5) is 0.473. The van der Waals surface area contributed by atoms with Gasteiger partial charge in [0.15, 0.2) is 0 Å². The SMILES string of the molecule is Cc1nnc(Sc2cc(S(N)(=O)=O)ccc2N)o1. The van der Waals surface area contributed by atoms with Crippen molar-refractivity contribution >= 4 is 27.5 Å². The summed E-state index contributed by atoms with van der Waals surface area (Å²) in [6, 6.07) is 4.17. The lowest BCUT2D eigenvalue weighted by atomic mass is 10.3. The van der Waals surface area contributed by atoms with E-state index in [4.69, 9.17) is 15.3 Å². The molecule has 2 aromatic rings. The smallest absolute Gasteiger partial charge is 0.281 e. The van der Waals surface area contributed by atoms with Gasteiger partial charge in [-0.3, -0.25) is 0 Å². The van der Waals surface area contributed by atoms with Crippen molar-refractivity contribution in [3.8, 4) is 0 Å². The Kier molecular flexibility index (Phi) is 3.28. The monoisotopic (exact) mass is 286 g/mol. The Labute approximate surface area is 108 Å². The predicted molar refractivity (Wildman–Crippen MR) is 65.4 cm³/mol. The normalized spacial score (nSPS) is 11.7. The molecule has 0 bridgehead atoms. The summed E-state index contributed by atoms with van der Waals surface area (Å²) in [5.41, 5.74) is 6.15. The van der Waals surface area contributed by atoms with Crippen LogP contribution in [0.5, 0.6) is 0 Å². The molecule has 4 N–H and O–H groups in total. The van der Waals surface area contributed by atoms with Crippen LogP contribution in [0.1, 0.15) is 5.89 Å². The van der Waals surface area contributed by atoms with Crippen LogP contribution in [0.25, 0.3) is 0 Å². The van der Waals surface area contributed by atoms with E-state index < -0.39 is 10.0 Å². The van der Waals surface area contributed by atoms with Gasteiger partial charge in [0, 0.05) is 17.5 Å². The molecule has 0 aliphatic rings. The minimum atomic E-state index is -3.76. The maximum atomic E-state index is 11.2. The maximum Gasteiger partial charge on any atom is 0.281 e. The third-order valence-corrected chi connectivity index (χ3v) is 3.84. The number of rotatable bonds is 3. The molecule has 1 aromatic carbocycles. The summed E-state index contributed by atoms with van der Waals surface area (Å²) in [6.07, 6.45) is 0. The van der Waals surface area contributed by atoms with Gasteiger partial charge in [-0.25, -0.2) is 13.6 Å². The average molecular weight is 286 g/mol. The first-order chi connectivity index (χ1) is 8.36. The molecule has 0 radical (unpaired) electrons. The van der Waals surface area contributed by atoms with Gasteiger partial charge in [-0.2, -0.15) is 0 Å². The Morgan fingerprint density at radius 2 is 2.06 bits per heavy atom. The van der Waals surface area contributed by atoms with Crippen molar-refractivity contribution in [3.63, 3.8) is 0 Å². The third-order valence-electron chi connectivity index (χ3n) is 2.02. The average Bonchev–Trinajstić information content (AvgIpc) is 2.66. The van der Waals surface area contributed by atoms with Gasteiger partial charge in [-0.05, 0) is 30.0 Å². The standard InChI is InChI=1S/C9H10N4O3S2/c1-5-12-13-9(16-5)17-8-4-6(18(11,14)15)2-3-7(8)10/h2-4H,10H2,1H3,(H2,11,14,15). The molecule has 9 heteroatoms. The van der Waals surface area contributed by atoms with Crippen molar-refractivity contribution in [1.82, 2.24) is 10.2 Å². The molecule has 0 atom stereocenters. The zero-order chi connectivity index (χ0) is 13.3. The number of primary sulfonamides is 1. The first-order valence-electron chi connectivity index (χ1n) is 4.76. The second-order valence-corrected chi connectivity index (χ2v) is 5.99. The number of anilines is 1. The Bertz CT molecular complexity index is 681. The van der Waals surface area contributed by atoms with Crippen molar-refractivity contribution in [1.29, 1.82) is 0 Å². The Morgan fingerprint density at radius 3 is 2.61 bits per heavy atom. The van der Waals surface area contributed by atoms with Gasteiger partial charge in [0.25, 0.3) is 5.22 Å². The molecular weight excluding hydrogens is 276 g/mol. The molecule has 0 unspecified atom stereocenters. The van der Waals surface area contributed by atoms with Gasteiger partial charge in [-0.1, -0.05) is 0 Å². The minimum Gasteiger partial charge on any atom is -0.416 e. The van der Waals surface area contributed by atoms with Crippen LogP contribution in [0.4, 0.5) is 5.69 Å². The van der Waals surface area contributed by atoms with Crippen LogP contribution in [0.3, 0.4) is 0 Å². The van der Waals surface area contributed by atoms with Crippen LogP contribution < -0.4 is 10.9 Å². The molecule has 1 aromatic heterocycles. The first kappa shape index (κ1) is 12.9. The van der Waals surface area contributed by atoms with Gasteiger partial charge in [-0.15, -0.1) is 10.2 Å². The summed E-state index contributed by atoms with van der Waals surface area (Å²) in [6.45, 7) is 1.65. The highest BCUT2D eigenvalue weighted by atomic mass is 32.2. The second kappa shape index (κ2) is 4.59. The van der Waals surface area contributed by atoms with E-state index in [-0.39, 0.29) is 10.1 Å². The van der Waals surface area contributed by atoms with Gasteiger partial charge >= 0.3 is 0 Å². The van der Waals surface area contributed by atoms with E-state index in [1.807, 2.05) is 0 Å². The van der Waals surface area contributed by atoms with Gasteiger partial charge in [0.1, 0.15) is 0 Å². The molecule has 0 aliphatic carbocycles. The topological polar surface area (TPSA) is 125 Å². The van der Waals surface area contributed by atoms with Gasteiger partial charge in [0.05, 0.1) is 4.90 Å². The molecule has 0 saturated heterocycles.